The normalized spacial score (nSPS) is 10.3. The van der Waals surface area contributed by atoms with Crippen molar-refractivity contribution in [1.82, 2.24) is 14.8 Å². The summed E-state index contributed by atoms with van der Waals surface area (Å²) in [6.07, 6.45) is 0. The van der Waals surface area contributed by atoms with Crippen LogP contribution in [-0.2, 0) is 6.61 Å². The number of rotatable bonds is 6. The first-order valence-electron chi connectivity index (χ1n) is 7.16. The van der Waals surface area contributed by atoms with Crippen molar-refractivity contribution < 1.29 is 9.13 Å². The van der Waals surface area contributed by atoms with Gasteiger partial charge in [-0.1, -0.05) is 42.1 Å². The molecule has 0 saturated carbocycles. The van der Waals surface area contributed by atoms with Crippen LogP contribution in [0.15, 0.2) is 59.8 Å². The van der Waals surface area contributed by atoms with Crippen molar-refractivity contribution in [3.05, 3.63) is 66.2 Å². The maximum absolute atomic E-state index is 13.7. The van der Waals surface area contributed by atoms with Crippen molar-refractivity contribution in [2.24, 2.45) is 0 Å². The van der Waals surface area contributed by atoms with Gasteiger partial charge >= 0.3 is 0 Å². The molecule has 0 atom stereocenters. The second-order valence-corrected chi connectivity index (χ2v) is 5.68. The molecule has 0 unspecified atom stereocenters. The van der Waals surface area contributed by atoms with Crippen LogP contribution in [0.2, 0.25) is 0 Å². The van der Waals surface area contributed by atoms with Gasteiger partial charge in [0.1, 0.15) is 6.61 Å². The number of hydrogen-bond donors (Lipinski definition) is 0. The van der Waals surface area contributed by atoms with E-state index in [4.69, 9.17) is 10.00 Å². The lowest BCUT2D eigenvalue weighted by atomic mass is 10.3. The number of benzene rings is 2. The molecule has 1 heterocycles. The third-order valence-corrected chi connectivity index (χ3v) is 3.97. The lowest BCUT2D eigenvalue weighted by molar-refractivity contribution is 0.278. The molecule has 0 fully saturated rings. The summed E-state index contributed by atoms with van der Waals surface area (Å²) < 4.78 is 21.0. The lowest BCUT2D eigenvalue weighted by Crippen LogP contribution is -2.07. The average molecular weight is 340 g/mol. The molecule has 0 bridgehead atoms. The highest BCUT2D eigenvalue weighted by molar-refractivity contribution is 7.99. The second kappa shape index (κ2) is 7.62. The number of halogens is 1. The Bertz CT molecular complexity index is 861. The Morgan fingerprint density at radius 1 is 1.08 bits per heavy atom. The molecular formula is C17H13FN4OS. The average Bonchev–Trinajstić information content (AvgIpc) is 3.03. The molecule has 2 aromatic carbocycles. The molecule has 0 radical (unpaired) electrons. The van der Waals surface area contributed by atoms with E-state index in [1.54, 1.807) is 18.2 Å². The minimum absolute atomic E-state index is 0.0654. The van der Waals surface area contributed by atoms with Crippen LogP contribution in [-0.4, -0.2) is 20.5 Å². The Kier molecular flexibility index (Phi) is 5.08. The highest BCUT2D eigenvalue weighted by Crippen LogP contribution is 2.23. The summed E-state index contributed by atoms with van der Waals surface area (Å²) in [6.45, 7) is 0.0654. The van der Waals surface area contributed by atoms with Crippen LogP contribution in [0.1, 0.15) is 5.82 Å². The smallest absolute Gasteiger partial charge is 0.196 e. The zero-order valence-electron chi connectivity index (χ0n) is 12.6. The summed E-state index contributed by atoms with van der Waals surface area (Å²) in [7, 11) is 0. The van der Waals surface area contributed by atoms with E-state index in [0.29, 0.717) is 11.0 Å². The molecule has 0 aliphatic carbocycles. The molecule has 120 valence electrons. The van der Waals surface area contributed by atoms with Gasteiger partial charge in [-0.2, -0.15) is 5.26 Å². The van der Waals surface area contributed by atoms with Crippen molar-refractivity contribution in [3.8, 4) is 17.5 Å². The lowest BCUT2D eigenvalue weighted by Gasteiger charge is -2.10. The van der Waals surface area contributed by atoms with Crippen molar-refractivity contribution in [2.45, 2.75) is 11.8 Å². The van der Waals surface area contributed by atoms with Crippen molar-refractivity contribution >= 4 is 11.8 Å². The second-order valence-electron chi connectivity index (χ2n) is 4.74. The molecule has 0 amide bonds. The molecule has 7 heteroatoms. The van der Waals surface area contributed by atoms with Gasteiger partial charge in [-0.25, -0.2) is 4.39 Å². The Morgan fingerprint density at radius 2 is 1.83 bits per heavy atom. The number of nitrogens with zero attached hydrogens (tertiary/aromatic N) is 4. The van der Waals surface area contributed by atoms with Crippen LogP contribution in [0.5, 0.6) is 5.75 Å². The van der Waals surface area contributed by atoms with E-state index in [2.05, 4.69) is 16.3 Å². The molecule has 0 N–H and O–H groups in total. The highest BCUT2D eigenvalue weighted by Gasteiger charge is 2.15. The van der Waals surface area contributed by atoms with Gasteiger partial charge in [-0.05, 0) is 24.3 Å². The number of ether oxygens (including phenoxy) is 1. The van der Waals surface area contributed by atoms with Gasteiger partial charge in [0.15, 0.2) is 22.5 Å². The van der Waals surface area contributed by atoms with Gasteiger partial charge < -0.3 is 4.74 Å². The molecule has 0 aliphatic rings. The third kappa shape index (κ3) is 3.55. The highest BCUT2D eigenvalue weighted by atomic mass is 32.2. The first kappa shape index (κ1) is 16.0. The molecule has 3 rings (SSSR count). The summed E-state index contributed by atoms with van der Waals surface area (Å²) in [5.41, 5.74) is 0.857. The zero-order valence-corrected chi connectivity index (χ0v) is 13.4. The first-order valence-corrected chi connectivity index (χ1v) is 8.15. The summed E-state index contributed by atoms with van der Waals surface area (Å²) >= 11 is 1.29. The van der Waals surface area contributed by atoms with Gasteiger partial charge in [-0.15, -0.1) is 10.2 Å². The van der Waals surface area contributed by atoms with Crippen LogP contribution >= 0.6 is 11.8 Å². The van der Waals surface area contributed by atoms with Crippen molar-refractivity contribution in [3.63, 3.8) is 0 Å². The predicted octanol–water partition coefficient (Wildman–Crippen LogP) is 3.60. The number of nitriles is 1. The summed E-state index contributed by atoms with van der Waals surface area (Å²) in [5.74, 6) is 0.526. The van der Waals surface area contributed by atoms with E-state index in [9.17, 15) is 4.39 Å². The fourth-order valence-electron chi connectivity index (χ4n) is 2.12. The molecule has 1 aromatic heterocycles. The Hall–Kier alpha value is -2.85. The number of para-hydroxylation sites is 2. The monoisotopic (exact) mass is 340 g/mol. The fraction of sp³-hybridized carbons (Fsp3) is 0.118. The third-order valence-electron chi connectivity index (χ3n) is 3.17. The molecule has 3 aromatic rings. The van der Waals surface area contributed by atoms with E-state index in [1.807, 2.05) is 34.9 Å². The van der Waals surface area contributed by atoms with Crippen LogP contribution in [0.4, 0.5) is 4.39 Å². The van der Waals surface area contributed by atoms with E-state index < -0.39 is 5.82 Å². The van der Waals surface area contributed by atoms with E-state index in [1.165, 1.54) is 17.8 Å². The summed E-state index contributed by atoms with van der Waals surface area (Å²) in [4.78, 5) is 0. The van der Waals surface area contributed by atoms with Crippen LogP contribution < -0.4 is 4.74 Å². The topological polar surface area (TPSA) is 63.7 Å². The molecule has 5 nitrogen and oxygen atoms in total. The largest absolute Gasteiger partial charge is 0.483 e. The minimum Gasteiger partial charge on any atom is -0.483 e. The van der Waals surface area contributed by atoms with Gasteiger partial charge in [0.05, 0.1) is 11.8 Å². The Balaban J connectivity index is 1.89. The van der Waals surface area contributed by atoms with Gasteiger partial charge in [0.25, 0.3) is 0 Å². The Labute approximate surface area is 142 Å². The molecule has 0 saturated heterocycles. The molecular weight excluding hydrogens is 327 g/mol. The minimum atomic E-state index is -0.428. The fourth-order valence-corrected chi connectivity index (χ4v) is 2.76. The van der Waals surface area contributed by atoms with Crippen LogP contribution in [0.25, 0.3) is 5.69 Å². The van der Waals surface area contributed by atoms with Gasteiger partial charge in [0, 0.05) is 5.69 Å². The number of aromatic nitrogens is 3. The number of thioether (sulfide) groups is 1. The van der Waals surface area contributed by atoms with Gasteiger partial charge in [0.2, 0.25) is 0 Å². The summed E-state index contributed by atoms with van der Waals surface area (Å²) in [6, 6.07) is 17.8. The van der Waals surface area contributed by atoms with E-state index in [0.717, 1.165) is 5.69 Å². The zero-order chi connectivity index (χ0) is 16.8. The first-order chi connectivity index (χ1) is 11.8. The van der Waals surface area contributed by atoms with Crippen molar-refractivity contribution in [1.29, 1.82) is 5.26 Å². The van der Waals surface area contributed by atoms with E-state index >= 15 is 0 Å². The quantitative estimate of drug-likeness (QED) is 0.642. The standard InChI is InChI=1S/C17H13FN4OS/c18-14-8-4-5-9-15(14)23-12-16-20-21-17(24-11-10-19)22(16)13-6-2-1-3-7-13/h1-9H,11-12H2. The maximum Gasteiger partial charge on any atom is 0.196 e. The molecule has 24 heavy (non-hydrogen) atoms. The van der Waals surface area contributed by atoms with Crippen LogP contribution in [0, 0.1) is 17.1 Å². The van der Waals surface area contributed by atoms with E-state index in [-0.39, 0.29) is 18.1 Å². The SMILES string of the molecule is N#CCSc1nnc(COc2ccccc2F)n1-c1ccccc1. The molecule has 0 spiro atoms. The van der Waals surface area contributed by atoms with Crippen molar-refractivity contribution in [2.75, 3.05) is 5.75 Å². The number of hydrogen-bond acceptors (Lipinski definition) is 5. The predicted molar refractivity (Wildman–Crippen MR) is 88.4 cm³/mol. The molecule has 0 aliphatic heterocycles. The maximum atomic E-state index is 13.7. The Morgan fingerprint density at radius 3 is 2.58 bits per heavy atom. The summed E-state index contributed by atoms with van der Waals surface area (Å²) in [5, 5.41) is 17.6. The van der Waals surface area contributed by atoms with Crippen LogP contribution in [0.3, 0.4) is 0 Å². The van der Waals surface area contributed by atoms with Gasteiger partial charge in [-0.3, -0.25) is 4.57 Å².